The Kier molecular flexibility index (Phi) is 4.34. The Balaban J connectivity index is 1.58. The zero-order valence-corrected chi connectivity index (χ0v) is 12.4. The minimum atomic E-state index is -0.0311. The number of hydrogen-bond acceptors (Lipinski definition) is 4. The second kappa shape index (κ2) is 6.58. The molecular formula is C17H20N4O. The minimum Gasteiger partial charge on any atom is -0.354 e. The zero-order valence-electron chi connectivity index (χ0n) is 12.4. The third-order valence-corrected chi connectivity index (χ3v) is 3.95. The Morgan fingerprint density at radius 3 is 2.77 bits per heavy atom. The molecule has 1 aliphatic heterocycles. The van der Waals surface area contributed by atoms with Crippen molar-refractivity contribution in [2.24, 2.45) is 5.73 Å². The molecule has 22 heavy (non-hydrogen) atoms. The van der Waals surface area contributed by atoms with Crippen molar-refractivity contribution >= 4 is 11.7 Å². The average molecular weight is 296 g/mol. The summed E-state index contributed by atoms with van der Waals surface area (Å²) < 4.78 is 0. The Morgan fingerprint density at radius 1 is 1.27 bits per heavy atom. The highest BCUT2D eigenvalue weighted by Crippen LogP contribution is 2.17. The van der Waals surface area contributed by atoms with Crippen molar-refractivity contribution in [1.82, 2.24) is 10.3 Å². The largest absolute Gasteiger partial charge is 0.354 e. The maximum Gasteiger partial charge on any atom is 0.251 e. The van der Waals surface area contributed by atoms with Gasteiger partial charge in [-0.2, -0.15) is 0 Å². The van der Waals surface area contributed by atoms with E-state index in [1.807, 2.05) is 42.5 Å². The number of carbonyl (C=O) groups excluding carboxylic acids is 1. The molecule has 3 rings (SSSR count). The summed E-state index contributed by atoms with van der Waals surface area (Å²) in [7, 11) is 0. The van der Waals surface area contributed by atoms with Gasteiger partial charge in [-0.05, 0) is 36.2 Å². The molecule has 5 heteroatoms. The Bertz CT molecular complexity index is 627. The maximum atomic E-state index is 12.3. The smallest absolute Gasteiger partial charge is 0.251 e. The lowest BCUT2D eigenvalue weighted by Gasteiger charge is -2.17. The molecule has 1 aromatic carbocycles. The van der Waals surface area contributed by atoms with E-state index in [4.69, 9.17) is 5.73 Å². The second-order valence-corrected chi connectivity index (χ2v) is 5.49. The van der Waals surface area contributed by atoms with Crippen LogP contribution in [0, 0.1) is 0 Å². The quantitative estimate of drug-likeness (QED) is 0.898. The highest BCUT2D eigenvalue weighted by Gasteiger charge is 2.24. The molecule has 114 valence electrons. The highest BCUT2D eigenvalue weighted by atomic mass is 16.1. The molecule has 2 heterocycles. The van der Waals surface area contributed by atoms with Crippen molar-refractivity contribution in [1.29, 1.82) is 0 Å². The van der Waals surface area contributed by atoms with Crippen LogP contribution in [0.4, 0.5) is 5.82 Å². The van der Waals surface area contributed by atoms with E-state index < -0.39 is 0 Å². The van der Waals surface area contributed by atoms with Gasteiger partial charge in [-0.15, -0.1) is 0 Å². The van der Waals surface area contributed by atoms with E-state index in [0.717, 1.165) is 30.9 Å². The Morgan fingerprint density at radius 2 is 2.09 bits per heavy atom. The first-order valence-corrected chi connectivity index (χ1v) is 7.52. The molecular weight excluding hydrogens is 276 g/mol. The summed E-state index contributed by atoms with van der Waals surface area (Å²) in [5.41, 5.74) is 7.27. The summed E-state index contributed by atoms with van der Waals surface area (Å²) in [4.78, 5) is 18.8. The SMILES string of the molecule is NCc1ccc(C(=O)NC2CCN(c3ccccn3)C2)cc1. The van der Waals surface area contributed by atoms with Crippen molar-refractivity contribution in [3.63, 3.8) is 0 Å². The number of hydrogen-bond donors (Lipinski definition) is 2. The third-order valence-electron chi connectivity index (χ3n) is 3.95. The average Bonchev–Trinajstić information content (AvgIpc) is 3.04. The van der Waals surface area contributed by atoms with Crippen LogP contribution in [0.5, 0.6) is 0 Å². The molecule has 3 N–H and O–H groups in total. The van der Waals surface area contributed by atoms with Gasteiger partial charge in [0.05, 0.1) is 0 Å². The van der Waals surface area contributed by atoms with Gasteiger partial charge in [0.2, 0.25) is 0 Å². The van der Waals surface area contributed by atoms with Gasteiger partial charge in [0.25, 0.3) is 5.91 Å². The molecule has 1 amide bonds. The van der Waals surface area contributed by atoms with E-state index in [1.165, 1.54) is 0 Å². The number of nitrogens with two attached hydrogens (primary N) is 1. The molecule has 0 spiro atoms. The van der Waals surface area contributed by atoms with Gasteiger partial charge in [-0.1, -0.05) is 18.2 Å². The van der Waals surface area contributed by atoms with Crippen LogP contribution < -0.4 is 16.0 Å². The molecule has 0 aliphatic carbocycles. The van der Waals surface area contributed by atoms with Crippen molar-refractivity contribution in [2.45, 2.75) is 19.0 Å². The fraction of sp³-hybridized carbons (Fsp3) is 0.294. The monoisotopic (exact) mass is 296 g/mol. The van der Waals surface area contributed by atoms with Crippen LogP contribution in [0.15, 0.2) is 48.7 Å². The molecule has 0 saturated carbocycles. The number of aromatic nitrogens is 1. The molecule has 0 bridgehead atoms. The summed E-state index contributed by atoms with van der Waals surface area (Å²) >= 11 is 0. The van der Waals surface area contributed by atoms with Gasteiger partial charge in [-0.3, -0.25) is 4.79 Å². The summed E-state index contributed by atoms with van der Waals surface area (Å²) in [6.07, 6.45) is 2.73. The fourth-order valence-corrected chi connectivity index (χ4v) is 2.69. The van der Waals surface area contributed by atoms with Crippen LogP contribution in [0.3, 0.4) is 0 Å². The van der Waals surface area contributed by atoms with Gasteiger partial charge >= 0.3 is 0 Å². The van der Waals surface area contributed by atoms with Crippen molar-refractivity contribution in [3.05, 3.63) is 59.8 Å². The van der Waals surface area contributed by atoms with Gasteiger partial charge in [0, 0.05) is 37.4 Å². The van der Waals surface area contributed by atoms with Crippen molar-refractivity contribution in [3.8, 4) is 0 Å². The van der Waals surface area contributed by atoms with Gasteiger partial charge in [-0.25, -0.2) is 4.98 Å². The lowest BCUT2D eigenvalue weighted by molar-refractivity contribution is 0.0940. The molecule has 2 aromatic rings. The number of rotatable bonds is 4. The molecule has 1 atom stereocenters. The van der Waals surface area contributed by atoms with E-state index >= 15 is 0 Å². The predicted molar refractivity (Wildman–Crippen MR) is 86.7 cm³/mol. The van der Waals surface area contributed by atoms with Crippen LogP contribution in [0.25, 0.3) is 0 Å². The molecule has 0 radical (unpaired) electrons. The van der Waals surface area contributed by atoms with Crippen molar-refractivity contribution < 1.29 is 4.79 Å². The standard InChI is InChI=1S/C17H20N4O/c18-11-13-4-6-14(7-5-13)17(22)20-15-8-10-21(12-15)16-3-1-2-9-19-16/h1-7,9,15H,8,10-12,18H2,(H,20,22). The van der Waals surface area contributed by atoms with Crippen LogP contribution in [-0.2, 0) is 6.54 Å². The van der Waals surface area contributed by atoms with E-state index in [9.17, 15) is 4.79 Å². The first-order valence-electron chi connectivity index (χ1n) is 7.52. The topological polar surface area (TPSA) is 71.2 Å². The normalized spacial score (nSPS) is 17.5. The summed E-state index contributed by atoms with van der Waals surface area (Å²) in [5, 5.41) is 3.09. The van der Waals surface area contributed by atoms with Gasteiger partial charge in [0.1, 0.15) is 5.82 Å². The zero-order chi connectivity index (χ0) is 15.4. The van der Waals surface area contributed by atoms with E-state index in [1.54, 1.807) is 6.20 Å². The summed E-state index contributed by atoms with van der Waals surface area (Å²) in [6, 6.07) is 13.5. The molecule has 1 fully saturated rings. The lowest BCUT2D eigenvalue weighted by Crippen LogP contribution is -2.37. The highest BCUT2D eigenvalue weighted by molar-refractivity contribution is 5.94. The fourth-order valence-electron chi connectivity index (χ4n) is 2.69. The van der Waals surface area contributed by atoms with Gasteiger partial charge < -0.3 is 16.0 Å². The van der Waals surface area contributed by atoms with Crippen LogP contribution in [0.2, 0.25) is 0 Å². The molecule has 1 unspecified atom stereocenters. The minimum absolute atomic E-state index is 0.0311. The molecule has 1 aromatic heterocycles. The Hall–Kier alpha value is -2.40. The maximum absolute atomic E-state index is 12.3. The number of nitrogens with one attached hydrogen (secondary N) is 1. The molecule has 1 saturated heterocycles. The molecule has 5 nitrogen and oxygen atoms in total. The number of pyridine rings is 1. The number of anilines is 1. The molecule has 1 aliphatic rings. The van der Waals surface area contributed by atoms with Gasteiger partial charge in [0.15, 0.2) is 0 Å². The predicted octanol–water partition coefficient (Wildman–Crippen LogP) is 1.55. The van der Waals surface area contributed by atoms with Crippen molar-refractivity contribution in [2.75, 3.05) is 18.0 Å². The first kappa shape index (κ1) is 14.5. The number of nitrogens with zero attached hydrogens (tertiary/aromatic N) is 2. The van der Waals surface area contributed by atoms with E-state index in [0.29, 0.717) is 12.1 Å². The third kappa shape index (κ3) is 3.26. The Labute approximate surface area is 130 Å². The number of carbonyl (C=O) groups is 1. The lowest BCUT2D eigenvalue weighted by atomic mass is 10.1. The summed E-state index contributed by atoms with van der Waals surface area (Å²) in [5.74, 6) is 0.933. The van der Waals surface area contributed by atoms with Crippen LogP contribution >= 0.6 is 0 Å². The summed E-state index contributed by atoms with van der Waals surface area (Å²) in [6.45, 7) is 2.20. The van der Waals surface area contributed by atoms with Crippen LogP contribution in [0.1, 0.15) is 22.3 Å². The van der Waals surface area contributed by atoms with E-state index in [2.05, 4.69) is 15.2 Å². The van der Waals surface area contributed by atoms with Crippen LogP contribution in [-0.4, -0.2) is 30.0 Å². The first-order chi connectivity index (χ1) is 10.8. The van der Waals surface area contributed by atoms with E-state index in [-0.39, 0.29) is 11.9 Å². The number of amides is 1. The second-order valence-electron chi connectivity index (χ2n) is 5.49. The number of benzene rings is 1.